The summed E-state index contributed by atoms with van der Waals surface area (Å²) < 4.78 is 42.0. The van der Waals surface area contributed by atoms with Gasteiger partial charge in [0, 0.05) is 23.0 Å². The fourth-order valence-corrected chi connectivity index (χ4v) is 2.65. The fourth-order valence-electron chi connectivity index (χ4n) is 2.50. The Bertz CT molecular complexity index is 1040. The smallest absolute Gasteiger partial charge is 0.294 e. The van der Waals surface area contributed by atoms with Crippen LogP contribution in [0.5, 0.6) is 0 Å². The third kappa shape index (κ3) is 3.28. The molecule has 0 N–H and O–H groups in total. The molecule has 0 amide bonds. The molecule has 134 valence electrons. The van der Waals surface area contributed by atoms with Gasteiger partial charge in [0.1, 0.15) is 0 Å². The van der Waals surface area contributed by atoms with Gasteiger partial charge in [0.25, 0.3) is 5.56 Å². The Kier molecular flexibility index (Phi) is 4.45. The first kappa shape index (κ1) is 17.9. The molecule has 0 radical (unpaired) electrons. The number of rotatable bonds is 3. The summed E-state index contributed by atoms with van der Waals surface area (Å²) in [6.07, 6.45) is -2.39. The minimum Gasteiger partial charge on any atom is -0.294 e. The molecule has 9 heteroatoms. The molecule has 3 rings (SSSR count). The predicted octanol–water partition coefficient (Wildman–Crippen LogP) is 3.90. The topological polar surface area (TPSA) is 56.9 Å². The number of halogens is 4. The van der Waals surface area contributed by atoms with E-state index in [1.54, 1.807) is 0 Å². The van der Waals surface area contributed by atoms with Crippen molar-refractivity contribution < 1.29 is 18.0 Å². The normalized spacial score (nSPS) is 11.6. The molecule has 0 aliphatic rings. The Hall–Kier alpha value is -2.87. The van der Waals surface area contributed by atoms with E-state index in [0.717, 1.165) is 13.1 Å². The summed E-state index contributed by atoms with van der Waals surface area (Å²) in [7, 11) is 0. The standard InChI is InChI=1S/C17H11ClF3N3O2/c1-10(25)14-9-22-24(16(14)17(19,20)21)13-4-2-12(3-5-13)23-7-6-11(18)8-15(23)26/h2-9H,1H3. The van der Waals surface area contributed by atoms with Crippen molar-refractivity contribution in [1.82, 2.24) is 14.3 Å². The van der Waals surface area contributed by atoms with Crippen molar-refractivity contribution in [3.8, 4) is 11.4 Å². The molecule has 0 saturated carbocycles. The van der Waals surface area contributed by atoms with Crippen molar-refractivity contribution in [3.05, 3.63) is 75.4 Å². The Morgan fingerprint density at radius 3 is 2.27 bits per heavy atom. The van der Waals surface area contributed by atoms with Gasteiger partial charge in [-0.25, -0.2) is 4.68 Å². The summed E-state index contributed by atoms with van der Waals surface area (Å²) in [6, 6.07) is 8.44. The second-order valence-corrected chi connectivity index (χ2v) is 5.88. The van der Waals surface area contributed by atoms with Crippen LogP contribution in [-0.2, 0) is 6.18 Å². The molecule has 5 nitrogen and oxygen atoms in total. The zero-order chi connectivity index (χ0) is 19.1. The van der Waals surface area contributed by atoms with Gasteiger partial charge < -0.3 is 0 Å². The van der Waals surface area contributed by atoms with Crippen LogP contribution >= 0.6 is 11.6 Å². The predicted molar refractivity (Wildman–Crippen MR) is 89.2 cm³/mol. The average molecular weight is 382 g/mol. The number of carbonyl (C=O) groups excluding carboxylic acids is 1. The summed E-state index contributed by atoms with van der Waals surface area (Å²) in [5, 5.41) is 3.98. The van der Waals surface area contributed by atoms with E-state index < -0.39 is 23.2 Å². The molecule has 0 atom stereocenters. The number of nitrogens with zero attached hydrogens (tertiary/aromatic N) is 3. The zero-order valence-electron chi connectivity index (χ0n) is 13.3. The maximum absolute atomic E-state index is 13.4. The summed E-state index contributed by atoms with van der Waals surface area (Å²) >= 11 is 5.74. The van der Waals surface area contributed by atoms with Crippen molar-refractivity contribution in [3.63, 3.8) is 0 Å². The second-order valence-electron chi connectivity index (χ2n) is 5.44. The van der Waals surface area contributed by atoms with Gasteiger partial charge >= 0.3 is 6.18 Å². The van der Waals surface area contributed by atoms with Gasteiger partial charge in [-0.2, -0.15) is 18.3 Å². The van der Waals surface area contributed by atoms with Gasteiger partial charge in [0.05, 0.1) is 17.4 Å². The van der Waals surface area contributed by atoms with Crippen molar-refractivity contribution in [2.75, 3.05) is 0 Å². The van der Waals surface area contributed by atoms with Gasteiger partial charge in [0.15, 0.2) is 11.5 Å². The lowest BCUT2D eigenvalue weighted by molar-refractivity contribution is -0.143. The van der Waals surface area contributed by atoms with Gasteiger partial charge in [-0.1, -0.05) is 11.6 Å². The lowest BCUT2D eigenvalue weighted by atomic mass is 10.1. The van der Waals surface area contributed by atoms with Crippen LogP contribution in [0, 0.1) is 0 Å². The first-order valence-corrected chi connectivity index (χ1v) is 7.71. The van der Waals surface area contributed by atoms with Crippen LogP contribution in [0.25, 0.3) is 11.4 Å². The largest absolute Gasteiger partial charge is 0.434 e. The van der Waals surface area contributed by atoms with Crippen LogP contribution in [0.2, 0.25) is 5.02 Å². The second kappa shape index (κ2) is 6.45. The number of carbonyl (C=O) groups is 1. The zero-order valence-corrected chi connectivity index (χ0v) is 14.0. The number of hydrogen-bond acceptors (Lipinski definition) is 3. The average Bonchev–Trinajstić information content (AvgIpc) is 3.01. The fraction of sp³-hybridized carbons (Fsp3) is 0.118. The molecule has 0 unspecified atom stereocenters. The highest BCUT2D eigenvalue weighted by Crippen LogP contribution is 2.33. The molecule has 2 heterocycles. The van der Waals surface area contributed by atoms with E-state index >= 15 is 0 Å². The molecule has 0 saturated heterocycles. The number of ketones is 1. The number of aromatic nitrogens is 3. The van der Waals surface area contributed by atoms with E-state index in [1.807, 2.05) is 0 Å². The third-order valence-corrected chi connectivity index (χ3v) is 3.91. The van der Waals surface area contributed by atoms with Crippen molar-refractivity contribution in [1.29, 1.82) is 0 Å². The molecule has 26 heavy (non-hydrogen) atoms. The monoisotopic (exact) mass is 381 g/mol. The number of hydrogen-bond donors (Lipinski definition) is 0. The molecule has 0 aliphatic carbocycles. The number of pyridine rings is 1. The van der Waals surface area contributed by atoms with Crippen molar-refractivity contribution in [2.24, 2.45) is 0 Å². The molecule has 2 aromatic heterocycles. The van der Waals surface area contributed by atoms with E-state index in [9.17, 15) is 22.8 Å². The SMILES string of the molecule is CC(=O)c1cnn(-c2ccc(-n3ccc(Cl)cc3=O)cc2)c1C(F)(F)F. The molecule has 0 aliphatic heterocycles. The molecular weight excluding hydrogens is 371 g/mol. The molecule has 1 aromatic carbocycles. The van der Waals surface area contributed by atoms with E-state index in [2.05, 4.69) is 5.10 Å². The van der Waals surface area contributed by atoms with Crippen LogP contribution in [0.4, 0.5) is 13.2 Å². The highest BCUT2D eigenvalue weighted by Gasteiger charge is 2.39. The maximum Gasteiger partial charge on any atom is 0.434 e. The summed E-state index contributed by atoms with van der Waals surface area (Å²) in [6.45, 7) is 1.05. The Balaban J connectivity index is 2.07. The first-order valence-electron chi connectivity index (χ1n) is 7.33. The van der Waals surface area contributed by atoms with Gasteiger partial charge in [-0.05, 0) is 37.3 Å². The minimum atomic E-state index is -4.75. The first-order chi connectivity index (χ1) is 12.2. The Labute approximate surface area is 150 Å². The molecule has 3 aromatic rings. The molecule has 0 bridgehead atoms. The highest BCUT2D eigenvalue weighted by molar-refractivity contribution is 6.30. The number of benzene rings is 1. The van der Waals surface area contributed by atoms with Crippen LogP contribution in [-0.4, -0.2) is 20.1 Å². The van der Waals surface area contributed by atoms with E-state index in [1.165, 1.54) is 47.2 Å². The van der Waals surface area contributed by atoms with Crippen LogP contribution < -0.4 is 5.56 Å². The van der Waals surface area contributed by atoms with Gasteiger partial charge in [-0.15, -0.1) is 0 Å². The Morgan fingerprint density at radius 1 is 1.12 bits per heavy atom. The molecule has 0 spiro atoms. The lowest BCUT2D eigenvalue weighted by Gasteiger charge is -2.13. The quantitative estimate of drug-likeness (QED) is 0.647. The highest BCUT2D eigenvalue weighted by atomic mass is 35.5. The summed E-state index contributed by atoms with van der Waals surface area (Å²) in [5.41, 5.74) is -1.46. The maximum atomic E-state index is 13.4. The van der Waals surface area contributed by atoms with Crippen LogP contribution in [0.15, 0.2) is 53.6 Å². The summed E-state index contributed by atoms with van der Waals surface area (Å²) in [4.78, 5) is 23.4. The van der Waals surface area contributed by atoms with Crippen molar-refractivity contribution >= 4 is 17.4 Å². The van der Waals surface area contributed by atoms with Crippen LogP contribution in [0.3, 0.4) is 0 Å². The summed E-state index contributed by atoms with van der Waals surface area (Å²) in [5.74, 6) is -0.729. The Morgan fingerprint density at radius 2 is 1.73 bits per heavy atom. The van der Waals surface area contributed by atoms with E-state index in [-0.39, 0.29) is 16.3 Å². The lowest BCUT2D eigenvalue weighted by Crippen LogP contribution is -2.17. The van der Waals surface area contributed by atoms with Crippen molar-refractivity contribution in [2.45, 2.75) is 13.1 Å². The van der Waals surface area contributed by atoms with Gasteiger partial charge in [0.2, 0.25) is 0 Å². The molecular formula is C17H11ClF3N3O2. The van der Waals surface area contributed by atoms with E-state index in [4.69, 9.17) is 11.6 Å². The number of alkyl halides is 3. The van der Waals surface area contributed by atoms with Crippen LogP contribution in [0.1, 0.15) is 23.0 Å². The third-order valence-electron chi connectivity index (χ3n) is 3.67. The minimum absolute atomic E-state index is 0.107. The number of Topliss-reactive ketones (excluding diaryl/α,β-unsaturated/α-hetero) is 1. The van der Waals surface area contributed by atoms with Gasteiger partial charge in [-0.3, -0.25) is 14.2 Å². The van der Waals surface area contributed by atoms with E-state index in [0.29, 0.717) is 10.4 Å². The molecule has 0 fully saturated rings.